The molecule has 32 heavy (non-hydrogen) atoms. The van der Waals surface area contributed by atoms with E-state index >= 15 is 0 Å². The molecule has 2 aromatic rings. The Morgan fingerprint density at radius 1 is 1.22 bits per heavy atom. The summed E-state index contributed by atoms with van der Waals surface area (Å²) in [5, 5.41) is 13.4. The monoisotopic (exact) mass is 452 g/mol. The van der Waals surface area contributed by atoms with Gasteiger partial charge in [0.15, 0.2) is 0 Å². The van der Waals surface area contributed by atoms with Crippen molar-refractivity contribution in [3.8, 4) is 12.3 Å². The second kappa shape index (κ2) is 8.75. The van der Waals surface area contributed by atoms with Gasteiger partial charge in [-0.15, -0.1) is 6.42 Å². The maximum absolute atomic E-state index is 12.8. The maximum Gasteiger partial charge on any atom is 0.225 e. The van der Waals surface area contributed by atoms with Gasteiger partial charge in [0.25, 0.3) is 0 Å². The van der Waals surface area contributed by atoms with Crippen LogP contribution in [0.25, 0.3) is 0 Å². The molecule has 1 atom stereocenters. The highest BCUT2D eigenvalue weighted by Crippen LogP contribution is 2.38. The van der Waals surface area contributed by atoms with Crippen LogP contribution in [-0.4, -0.2) is 60.2 Å². The first kappa shape index (κ1) is 21.3. The van der Waals surface area contributed by atoms with E-state index < -0.39 is 10.8 Å². The van der Waals surface area contributed by atoms with Crippen molar-refractivity contribution in [2.45, 2.75) is 61.3 Å². The molecule has 0 amide bonds. The Labute approximate surface area is 190 Å². The third kappa shape index (κ3) is 3.97. The van der Waals surface area contributed by atoms with E-state index in [9.17, 15) is 9.32 Å². The van der Waals surface area contributed by atoms with E-state index in [1.54, 1.807) is 12.4 Å². The predicted octanol–water partition coefficient (Wildman–Crippen LogP) is 2.01. The second-order valence-electron chi connectivity index (χ2n) is 8.95. The minimum Gasteiger partial charge on any atom is -0.394 e. The summed E-state index contributed by atoms with van der Waals surface area (Å²) in [5.74, 6) is 5.61. The maximum atomic E-state index is 12.8. The van der Waals surface area contributed by atoms with Crippen LogP contribution in [0.3, 0.4) is 0 Å². The van der Waals surface area contributed by atoms with Gasteiger partial charge in [-0.3, -0.25) is 4.21 Å². The molecule has 2 aliphatic heterocycles. The van der Waals surface area contributed by atoms with Crippen molar-refractivity contribution < 1.29 is 9.32 Å². The number of hydrogen-bond acceptors (Lipinski definition) is 8. The molecular formula is C23H28N6O2S. The molecular weight excluding hydrogens is 424 g/mol. The Bertz CT molecular complexity index is 1050. The summed E-state index contributed by atoms with van der Waals surface area (Å²) >= 11 is 0. The molecule has 3 aliphatic rings. The SMILES string of the molecule is C#Cc1cnc(N2CCC(c3nc4c(c(NC5(CO)CCC5)n3)S(=O)CCC4)CC2)nc1. The van der Waals surface area contributed by atoms with Crippen LogP contribution < -0.4 is 10.2 Å². The molecule has 0 spiro atoms. The van der Waals surface area contributed by atoms with E-state index in [-0.39, 0.29) is 18.1 Å². The lowest BCUT2D eigenvalue weighted by atomic mass is 9.77. The summed E-state index contributed by atoms with van der Waals surface area (Å²) in [6.07, 6.45) is 15.1. The summed E-state index contributed by atoms with van der Waals surface area (Å²) in [7, 11) is -1.10. The molecule has 0 bridgehead atoms. The van der Waals surface area contributed by atoms with Crippen LogP contribution in [0.2, 0.25) is 0 Å². The predicted molar refractivity (Wildman–Crippen MR) is 123 cm³/mol. The summed E-state index contributed by atoms with van der Waals surface area (Å²) in [5.41, 5.74) is 1.24. The average molecular weight is 453 g/mol. The van der Waals surface area contributed by atoms with Crippen LogP contribution in [-0.2, 0) is 17.2 Å². The van der Waals surface area contributed by atoms with Crippen LogP contribution in [0.4, 0.5) is 11.8 Å². The number of aromatic nitrogens is 4. The Kier molecular flexibility index (Phi) is 5.82. The number of aliphatic hydroxyl groups excluding tert-OH is 1. The molecule has 2 N–H and O–H groups in total. The number of rotatable bonds is 5. The summed E-state index contributed by atoms with van der Waals surface area (Å²) in [6.45, 7) is 1.69. The van der Waals surface area contributed by atoms with E-state index in [1.807, 2.05) is 0 Å². The number of anilines is 2. The number of nitrogens with zero attached hydrogens (tertiary/aromatic N) is 5. The smallest absolute Gasteiger partial charge is 0.225 e. The lowest BCUT2D eigenvalue weighted by molar-refractivity contribution is 0.143. The average Bonchev–Trinajstić information content (AvgIpc) is 2.81. The summed E-state index contributed by atoms with van der Waals surface area (Å²) in [6, 6.07) is 0. The van der Waals surface area contributed by atoms with Gasteiger partial charge in [0.05, 0.1) is 34.2 Å². The van der Waals surface area contributed by atoms with Gasteiger partial charge in [-0.25, -0.2) is 19.9 Å². The van der Waals surface area contributed by atoms with Crippen molar-refractivity contribution in [1.82, 2.24) is 19.9 Å². The molecule has 4 heterocycles. The van der Waals surface area contributed by atoms with E-state index in [0.717, 1.165) is 74.4 Å². The fourth-order valence-corrected chi connectivity index (χ4v) is 6.07. The number of piperidine rings is 1. The van der Waals surface area contributed by atoms with Gasteiger partial charge in [-0.2, -0.15) is 0 Å². The second-order valence-corrected chi connectivity index (χ2v) is 10.5. The number of hydrogen-bond donors (Lipinski definition) is 2. The molecule has 5 rings (SSSR count). The zero-order valence-corrected chi connectivity index (χ0v) is 18.9. The van der Waals surface area contributed by atoms with Crippen molar-refractivity contribution in [1.29, 1.82) is 0 Å². The number of aliphatic hydroxyl groups is 1. The van der Waals surface area contributed by atoms with E-state index in [2.05, 4.69) is 26.1 Å². The van der Waals surface area contributed by atoms with Gasteiger partial charge in [-0.05, 0) is 44.9 Å². The fourth-order valence-electron chi connectivity index (χ4n) is 4.74. The third-order valence-electron chi connectivity index (χ3n) is 6.87. The first-order chi connectivity index (χ1) is 15.6. The molecule has 1 saturated heterocycles. The van der Waals surface area contributed by atoms with Crippen molar-refractivity contribution >= 4 is 22.6 Å². The van der Waals surface area contributed by atoms with Gasteiger partial charge < -0.3 is 15.3 Å². The Morgan fingerprint density at radius 3 is 2.59 bits per heavy atom. The topological polar surface area (TPSA) is 104 Å². The van der Waals surface area contributed by atoms with Gasteiger partial charge in [0, 0.05) is 37.2 Å². The Hall–Kier alpha value is -2.57. The number of aryl methyl sites for hydroxylation is 1. The van der Waals surface area contributed by atoms with Crippen molar-refractivity contribution in [3.63, 3.8) is 0 Å². The highest BCUT2D eigenvalue weighted by atomic mass is 32.2. The highest BCUT2D eigenvalue weighted by molar-refractivity contribution is 7.85. The molecule has 9 heteroatoms. The zero-order chi connectivity index (χ0) is 22.1. The lowest BCUT2D eigenvalue weighted by Gasteiger charge is -2.42. The van der Waals surface area contributed by atoms with E-state index in [0.29, 0.717) is 23.1 Å². The molecule has 2 aromatic heterocycles. The Morgan fingerprint density at radius 2 is 1.97 bits per heavy atom. The minimum atomic E-state index is -1.10. The zero-order valence-electron chi connectivity index (χ0n) is 18.1. The number of fused-ring (bicyclic) bond motifs is 1. The number of nitrogens with one attached hydrogen (secondary N) is 1. The molecule has 8 nitrogen and oxygen atoms in total. The quantitative estimate of drug-likeness (QED) is 0.664. The van der Waals surface area contributed by atoms with Crippen molar-refractivity contribution in [2.24, 2.45) is 0 Å². The molecule has 1 unspecified atom stereocenters. The van der Waals surface area contributed by atoms with Crippen molar-refractivity contribution in [3.05, 3.63) is 29.5 Å². The van der Waals surface area contributed by atoms with Gasteiger partial charge in [0.2, 0.25) is 5.95 Å². The molecule has 2 fully saturated rings. The molecule has 168 valence electrons. The standard InChI is InChI=1S/C23H28N6O2S/c1-2-16-13-24-22(25-14-16)29-10-6-17(7-11-29)20-26-18-5-3-12-32(31)19(18)21(27-20)28-23(15-30)8-4-9-23/h1,13-14,17,30H,3-12,15H2,(H,26,27,28). The summed E-state index contributed by atoms with van der Waals surface area (Å²) in [4.78, 5) is 21.5. The Balaban J connectivity index is 1.37. The van der Waals surface area contributed by atoms with E-state index in [4.69, 9.17) is 16.4 Å². The first-order valence-corrected chi connectivity index (χ1v) is 12.6. The molecule has 0 aromatic carbocycles. The minimum absolute atomic E-state index is 0.0601. The normalized spacial score (nSPS) is 22.5. The highest BCUT2D eigenvalue weighted by Gasteiger charge is 2.39. The summed E-state index contributed by atoms with van der Waals surface area (Å²) < 4.78 is 12.8. The van der Waals surface area contributed by atoms with Crippen molar-refractivity contribution in [2.75, 3.05) is 35.7 Å². The van der Waals surface area contributed by atoms with E-state index in [1.165, 1.54) is 0 Å². The van der Waals surface area contributed by atoms with Crippen LogP contribution in [0.5, 0.6) is 0 Å². The lowest BCUT2D eigenvalue weighted by Crippen LogP contribution is -2.49. The molecule has 1 saturated carbocycles. The van der Waals surface area contributed by atoms with Gasteiger partial charge in [-0.1, -0.05) is 5.92 Å². The van der Waals surface area contributed by atoms with Crippen LogP contribution in [0.1, 0.15) is 61.5 Å². The molecule has 0 radical (unpaired) electrons. The first-order valence-electron chi connectivity index (χ1n) is 11.3. The number of terminal acetylenes is 1. The van der Waals surface area contributed by atoms with Gasteiger partial charge >= 0.3 is 0 Å². The van der Waals surface area contributed by atoms with Crippen LogP contribution >= 0.6 is 0 Å². The largest absolute Gasteiger partial charge is 0.394 e. The third-order valence-corrected chi connectivity index (χ3v) is 8.41. The van der Waals surface area contributed by atoms with Crippen LogP contribution in [0.15, 0.2) is 17.3 Å². The van der Waals surface area contributed by atoms with Crippen LogP contribution in [0, 0.1) is 12.3 Å². The van der Waals surface area contributed by atoms with Gasteiger partial charge in [0.1, 0.15) is 16.5 Å². The fraction of sp³-hybridized carbons (Fsp3) is 0.565. The molecule has 1 aliphatic carbocycles.